The number of hydrogen-bond donors (Lipinski definition) is 2. The van der Waals surface area contributed by atoms with E-state index in [1.165, 1.54) is 0 Å². The van der Waals surface area contributed by atoms with Crippen molar-refractivity contribution in [2.24, 2.45) is 5.73 Å². The number of carbonyl (C=O) groups excluding carboxylic acids is 1. The van der Waals surface area contributed by atoms with Crippen molar-refractivity contribution in [3.05, 3.63) is 23.8 Å². The summed E-state index contributed by atoms with van der Waals surface area (Å²) in [6.45, 7) is 1.81. The second-order valence-corrected chi connectivity index (χ2v) is 4.50. The first-order chi connectivity index (χ1) is 8.06. The van der Waals surface area contributed by atoms with Crippen molar-refractivity contribution in [1.29, 1.82) is 0 Å². The molecule has 1 amide bonds. The van der Waals surface area contributed by atoms with E-state index in [1.807, 2.05) is 19.1 Å². The van der Waals surface area contributed by atoms with Gasteiger partial charge in [-0.05, 0) is 37.1 Å². The molecule has 4 nitrogen and oxygen atoms in total. The summed E-state index contributed by atoms with van der Waals surface area (Å²) in [5, 5.41) is 2.82. The number of rotatable bonds is 3. The normalized spacial score (nSPS) is 15.7. The Balaban J connectivity index is 2.16. The summed E-state index contributed by atoms with van der Waals surface area (Å²) >= 11 is 4.85. The van der Waals surface area contributed by atoms with Gasteiger partial charge in [0.1, 0.15) is 16.8 Å². The van der Waals surface area contributed by atoms with Gasteiger partial charge in [0.25, 0.3) is 0 Å². The molecule has 5 heteroatoms. The van der Waals surface area contributed by atoms with Crippen LogP contribution in [0.15, 0.2) is 18.2 Å². The molecule has 1 aromatic carbocycles. The maximum absolute atomic E-state index is 11.2. The van der Waals surface area contributed by atoms with Gasteiger partial charge in [0, 0.05) is 12.1 Å². The molecule has 0 saturated carbocycles. The van der Waals surface area contributed by atoms with Crippen molar-refractivity contribution in [1.82, 2.24) is 0 Å². The Morgan fingerprint density at radius 2 is 2.29 bits per heavy atom. The molecule has 0 radical (unpaired) electrons. The summed E-state index contributed by atoms with van der Waals surface area (Å²) in [6.07, 6.45) is 0.961. The van der Waals surface area contributed by atoms with Crippen LogP contribution in [-0.4, -0.2) is 17.0 Å². The summed E-state index contributed by atoms with van der Waals surface area (Å²) in [6, 6.07) is 5.57. The first kappa shape index (κ1) is 11.9. The quantitative estimate of drug-likeness (QED) is 0.800. The molecular formula is C12H14N2O2S. The molecular weight excluding hydrogens is 236 g/mol. The maximum atomic E-state index is 11.2. The van der Waals surface area contributed by atoms with Crippen LogP contribution in [0.3, 0.4) is 0 Å². The lowest BCUT2D eigenvalue weighted by Crippen LogP contribution is -2.29. The summed E-state index contributed by atoms with van der Waals surface area (Å²) in [4.78, 5) is 11.5. The van der Waals surface area contributed by atoms with Crippen LogP contribution in [0.2, 0.25) is 0 Å². The smallest absolute Gasteiger partial charge is 0.224 e. The predicted octanol–water partition coefficient (Wildman–Crippen LogP) is 1.62. The Morgan fingerprint density at radius 1 is 1.53 bits per heavy atom. The van der Waals surface area contributed by atoms with Crippen LogP contribution in [0.4, 0.5) is 5.69 Å². The average molecular weight is 250 g/mol. The summed E-state index contributed by atoms with van der Waals surface area (Å²) < 4.78 is 5.59. The van der Waals surface area contributed by atoms with E-state index in [9.17, 15) is 4.79 Å². The van der Waals surface area contributed by atoms with Gasteiger partial charge in [-0.2, -0.15) is 0 Å². The van der Waals surface area contributed by atoms with Crippen LogP contribution < -0.4 is 15.8 Å². The van der Waals surface area contributed by atoms with Gasteiger partial charge in [-0.15, -0.1) is 0 Å². The van der Waals surface area contributed by atoms with Crippen molar-refractivity contribution >= 4 is 28.8 Å². The average Bonchev–Trinajstić information content (AvgIpc) is 2.29. The molecule has 1 aromatic rings. The Bertz CT molecular complexity index is 474. The van der Waals surface area contributed by atoms with Gasteiger partial charge in [0.15, 0.2) is 0 Å². The van der Waals surface area contributed by atoms with Crippen LogP contribution in [0.1, 0.15) is 18.9 Å². The van der Waals surface area contributed by atoms with Crippen LogP contribution in [0.25, 0.3) is 0 Å². The lowest BCUT2D eigenvalue weighted by Gasteiger charge is -2.19. The highest BCUT2D eigenvalue weighted by molar-refractivity contribution is 7.80. The van der Waals surface area contributed by atoms with Crippen molar-refractivity contribution < 1.29 is 9.53 Å². The molecule has 1 atom stereocenters. The number of fused-ring (bicyclic) bond motifs is 1. The molecule has 0 fully saturated rings. The molecule has 0 aliphatic carbocycles. The second kappa shape index (κ2) is 4.71. The molecule has 1 aliphatic heterocycles. The third-order valence-corrected chi connectivity index (χ3v) is 3.02. The van der Waals surface area contributed by atoms with Crippen molar-refractivity contribution in [3.8, 4) is 5.75 Å². The van der Waals surface area contributed by atoms with Crippen LogP contribution in [0.5, 0.6) is 5.75 Å². The molecule has 1 unspecified atom stereocenters. The van der Waals surface area contributed by atoms with Gasteiger partial charge in [-0.3, -0.25) is 4.79 Å². The standard InChI is InChI=1S/C12H14N2O2S/c1-7(12(13)17)16-9-3-4-10-8(6-9)2-5-11(15)14-10/h3-4,6-7H,2,5H2,1H3,(H2,13,17)(H,14,15). The van der Waals surface area contributed by atoms with E-state index in [1.54, 1.807) is 6.07 Å². The minimum Gasteiger partial charge on any atom is -0.484 e. The van der Waals surface area contributed by atoms with E-state index < -0.39 is 0 Å². The van der Waals surface area contributed by atoms with Crippen LogP contribution in [-0.2, 0) is 11.2 Å². The lowest BCUT2D eigenvalue weighted by molar-refractivity contribution is -0.116. The van der Waals surface area contributed by atoms with E-state index in [0.29, 0.717) is 11.4 Å². The monoisotopic (exact) mass is 250 g/mol. The van der Waals surface area contributed by atoms with E-state index in [0.717, 1.165) is 23.4 Å². The second-order valence-electron chi connectivity index (χ2n) is 4.03. The van der Waals surface area contributed by atoms with Crippen LogP contribution in [0, 0.1) is 0 Å². The third kappa shape index (κ3) is 2.74. The molecule has 1 aliphatic rings. The molecule has 90 valence electrons. The van der Waals surface area contributed by atoms with E-state index in [-0.39, 0.29) is 12.0 Å². The molecule has 2 rings (SSSR count). The topological polar surface area (TPSA) is 64.3 Å². The largest absolute Gasteiger partial charge is 0.484 e. The first-order valence-corrected chi connectivity index (χ1v) is 5.86. The fourth-order valence-corrected chi connectivity index (χ4v) is 1.74. The fraction of sp³-hybridized carbons (Fsp3) is 0.333. The van der Waals surface area contributed by atoms with Crippen molar-refractivity contribution in [2.45, 2.75) is 25.9 Å². The van der Waals surface area contributed by atoms with Gasteiger partial charge in [-0.25, -0.2) is 0 Å². The van der Waals surface area contributed by atoms with Gasteiger partial charge in [-0.1, -0.05) is 12.2 Å². The molecule has 0 aromatic heterocycles. The number of anilines is 1. The number of benzene rings is 1. The first-order valence-electron chi connectivity index (χ1n) is 5.45. The summed E-state index contributed by atoms with van der Waals surface area (Å²) in [5.74, 6) is 0.780. The number of nitrogens with one attached hydrogen (secondary N) is 1. The van der Waals surface area contributed by atoms with Gasteiger partial charge in [0.2, 0.25) is 5.91 Å². The highest BCUT2D eigenvalue weighted by Gasteiger charge is 2.16. The number of nitrogens with two attached hydrogens (primary N) is 1. The number of thiocarbonyl (C=S) groups is 1. The number of carbonyl (C=O) groups is 1. The molecule has 3 N–H and O–H groups in total. The Kier molecular flexibility index (Phi) is 3.28. The minimum absolute atomic E-state index is 0.0580. The number of ether oxygens (including phenoxy) is 1. The Labute approximate surface area is 105 Å². The Hall–Kier alpha value is -1.62. The van der Waals surface area contributed by atoms with Gasteiger partial charge in [0.05, 0.1) is 0 Å². The molecule has 1 heterocycles. The highest BCUT2D eigenvalue weighted by Crippen LogP contribution is 2.27. The van der Waals surface area contributed by atoms with Crippen molar-refractivity contribution in [3.63, 3.8) is 0 Å². The highest BCUT2D eigenvalue weighted by atomic mass is 32.1. The molecule has 0 bridgehead atoms. The zero-order valence-electron chi connectivity index (χ0n) is 9.53. The number of aryl methyl sites for hydroxylation is 1. The zero-order chi connectivity index (χ0) is 12.4. The Morgan fingerprint density at radius 3 is 3.00 bits per heavy atom. The molecule has 0 spiro atoms. The van der Waals surface area contributed by atoms with Crippen molar-refractivity contribution in [2.75, 3.05) is 5.32 Å². The van der Waals surface area contributed by atoms with Gasteiger partial charge < -0.3 is 15.8 Å². The van der Waals surface area contributed by atoms with Gasteiger partial charge >= 0.3 is 0 Å². The lowest BCUT2D eigenvalue weighted by atomic mass is 10.0. The number of amides is 1. The summed E-state index contributed by atoms with van der Waals surface area (Å²) in [7, 11) is 0. The van der Waals surface area contributed by atoms with E-state index >= 15 is 0 Å². The van der Waals surface area contributed by atoms with E-state index in [2.05, 4.69) is 5.32 Å². The molecule has 0 saturated heterocycles. The van der Waals surface area contributed by atoms with E-state index in [4.69, 9.17) is 22.7 Å². The zero-order valence-corrected chi connectivity index (χ0v) is 10.3. The predicted molar refractivity (Wildman–Crippen MR) is 70.3 cm³/mol. The summed E-state index contributed by atoms with van der Waals surface area (Å²) in [5.41, 5.74) is 7.43. The molecule has 17 heavy (non-hydrogen) atoms. The third-order valence-electron chi connectivity index (χ3n) is 2.69. The number of hydrogen-bond acceptors (Lipinski definition) is 3. The van der Waals surface area contributed by atoms with Crippen LogP contribution >= 0.6 is 12.2 Å². The fourth-order valence-electron chi connectivity index (χ4n) is 1.70. The SMILES string of the molecule is CC(Oc1ccc2c(c1)CCC(=O)N2)C(N)=S. The minimum atomic E-state index is -0.291. The maximum Gasteiger partial charge on any atom is 0.224 e.